The fourth-order valence-corrected chi connectivity index (χ4v) is 2.42. The van der Waals surface area contributed by atoms with Gasteiger partial charge in [0, 0.05) is 30.1 Å². The number of hydrogen-bond acceptors (Lipinski definition) is 3. The average molecular weight is 287 g/mol. The second-order valence-corrected chi connectivity index (χ2v) is 4.68. The van der Waals surface area contributed by atoms with Crippen LogP contribution in [0, 0.1) is 5.82 Å². The van der Waals surface area contributed by atoms with Gasteiger partial charge in [-0.1, -0.05) is 12.1 Å². The normalized spacial score (nSPS) is 11.2. The van der Waals surface area contributed by atoms with E-state index in [1.165, 1.54) is 21.2 Å². The van der Waals surface area contributed by atoms with Crippen LogP contribution >= 0.6 is 0 Å². The van der Waals surface area contributed by atoms with Crippen LogP contribution in [-0.4, -0.2) is 19.3 Å². The Morgan fingerprint density at radius 2 is 2.14 bits per heavy atom. The van der Waals surface area contributed by atoms with E-state index in [0.717, 1.165) is 0 Å². The lowest BCUT2D eigenvalue weighted by Crippen LogP contribution is -2.21. The number of halogens is 1. The molecule has 0 saturated carbocycles. The molecule has 3 aromatic rings. The number of aliphatic hydroxyl groups excluding tert-OH is 1. The smallest absolute Gasteiger partial charge is 0.276 e. The molecule has 0 radical (unpaired) electrons. The van der Waals surface area contributed by atoms with Crippen LogP contribution in [0.15, 0.2) is 41.5 Å². The zero-order valence-corrected chi connectivity index (χ0v) is 11.5. The number of aryl methyl sites for hydroxylation is 1. The lowest BCUT2D eigenvalue weighted by Gasteiger charge is -2.02. The molecule has 5 nitrogen and oxygen atoms in total. The van der Waals surface area contributed by atoms with Gasteiger partial charge >= 0.3 is 0 Å². The first-order valence-electron chi connectivity index (χ1n) is 6.63. The number of aromatic nitrogens is 3. The first kappa shape index (κ1) is 13.5. The molecule has 0 bridgehead atoms. The maximum Gasteiger partial charge on any atom is 0.276 e. The van der Waals surface area contributed by atoms with Crippen molar-refractivity contribution in [2.75, 3.05) is 0 Å². The first-order valence-corrected chi connectivity index (χ1v) is 6.63. The van der Waals surface area contributed by atoms with Gasteiger partial charge in [-0.3, -0.25) is 4.79 Å². The molecule has 1 N–H and O–H groups in total. The third-order valence-corrected chi connectivity index (χ3v) is 3.46. The number of fused-ring (bicyclic) bond motifs is 1. The molecule has 108 valence electrons. The molecule has 3 rings (SSSR count). The van der Waals surface area contributed by atoms with E-state index in [4.69, 9.17) is 0 Å². The zero-order valence-electron chi connectivity index (χ0n) is 11.5. The minimum atomic E-state index is -0.389. The molecule has 0 saturated heterocycles. The predicted octanol–water partition coefficient (Wildman–Crippen LogP) is 1.81. The molecular formula is C15H14FN3O2. The van der Waals surface area contributed by atoms with Gasteiger partial charge in [0.25, 0.3) is 5.56 Å². The molecular weight excluding hydrogens is 273 g/mol. The minimum Gasteiger partial charge on any atom is -0.392 e. The van der Waals surface area contributed by atoms with Crippen LogP contribution in [-0.2, 0) is 13.2 Å². The van der Waals surface area contributed by atoms with E-state index >= 15 is 0 Å². The summed E-state index contributed by atoms with van der Waals surface area (Å²) in [6.45, 7) is 2.05. The third-order valence-electron chi connectivity index (χ3n) is 3.46. The summed E-state index contributed by atoms with van der Waals surface area (Å²) in [5.74, 6) is -0.389. The van der Waals surface area contributed by atoms with Crippen molar-refractivity contribution in [3.8, 4) is 11.3 Å². The Bertz CT molecular complexity index is 867. The van der Waals surface area contributed by atoms with Crippen molar-refractivity contribution < 1.29 is 9.50 Å². The summed E-state index contributed by atoms with van der Waals surface area (Å²) >= 11 is 0. The Balaban J connectivity index is 2.35. The molecule has 0 unspecified atom stereocenters. The molecule has 0 fully saturated rings. The van der Waals surface area contributed by atoms with E-state index in [-0.39, 0.29) is 18.0 Å². The Labute approximate surface area is 119 Å². The van der Waals surface area contributed by atoms with Gasteiger partial charge in [0.05, 0.1) is 12.3 Å². The number of aliphatic hydroxyl groups is 1. The van der Waals surface area contributed by atoms with Gasteiger partial charge in [0.2, 0.25) is 0 Å². The summed E-state index contributed by atoms with van der Waals surface area (Å²) in [5.41, 5.74) is 1.46. The maximum absolute atomic E-state index is 13.4. The van der Waals surface area contributed by atoms with Crippen LogP contribution in [0.2, 0.25) is 0 Å². The molecule has 1 aromatic carbocycles. The zero-order chi connectivity index (χ0) is 15.0. The molecule has 2 aromatic heterocycles. The average Bonchev–Trinajstić information content (AvgIpc) is 2.87. The molecule has 0 atom stereocenters. The van der Waals surface area contributed by atoms with Gasteiger partial charge < -0.3 is 9.67 Å². The summed E-state index contributed by atoms with van der Waals surface area (Å²) in [5, 5.41) is 13.9. The Kier molecular flexibility index (Phi) is 3.31. The van der Waals surface area contributed by atoms with Crippen LogP contribution in [0.1, 0.15) is 12.5 Å². The van der Waals surface area contributed by atoms with E-state index in [0.29, 0.717) is 28.9 Å². The molecule has 6 heteroatoms. The van der Waals surface area contributed by atoms with E-state index < -0.39 is 0 Å². The van der Waals surface area contributed by atoms with Crippen molar-refractivity contribution in [1.82, 2.24) is 14.2 Å². The second kappa shape index (κ2) is 5.14. The fourth-order valence-electron chi connectivity index (χ4n) is 2.42. The number of nitrogens with zero attached hydrogens (tertiary/aromatic N) is 3. The van der Waals surface area contributed by atoms with Gasteiger partial charge in [-0.15, -0.1) is 0 Å². The van der Waals surface area contributed by atoms with Crippen molar-refractivity contribution in [2.24, 2.45) is 0 Å². The largest absolute Gasteiger partial charge is 0.392 e. The van der Waals surface area contributed by atoms with E-state index in [1.807, 2.05) is 6.92 Å². The van der Waals surface area contributed by atoms with Crippen molar-refractivity contribution in [1.29, 1.82) is 0 Å². The number of benzene rings is 1. The summed E-state index contributed by atoms with van der Waals surface area (Å²) in [6.07, 6.45) is 3.29. The lowest BCUT2D eigenvalue weighted by molar-refractivity contribution is 0.283. The Morgan fingerprint density at radius 1 is 1.33 bits per heavy atom. The minimum absolute atomic E-state index is 0.223. The van der Waals surface area contributed by atoms with Crippen LogP contribution in [0.4, 0.5) is 4.39 Å². The monoisotopic (exact) mass is 287 g/mol. The highest BCUT2D eigenvalue weighted by molar-refractivity contribution is 5.72. The summed E-state index contributed by atoms with van der Waals surface area (Å²) in [4.78, 5) is 12.4. The highest BCUT2D eigenvalue weighted by atomic mass is 19.1. The van der Waals surface area contributed by atoms with Crippen LogP contribution in [0.5, 0.6) is 0 Å². The number of hydrogen-bond donors (Lipinski definition) is 1. The van der Waals surface area contributed by atoms with Crippen LogP contribution < -0.4 is 5.56 Å². The molecule has 21 heavy (non-hydrogen) atoms. The Hall–Kier alpha value is -2.47. The van der Waals surface area contributed by atoms with Crippen molar-refractivity contribution in [2.45, 2.75) is 20.1 Å². The van der Waals surface area contributed by atoms with Crippen LogP contribution in [0.25, 0.3) is 16.8 Å². The quantitative estimate of drug-likeness (QED) is 0.799. The summed E-state index contributed by atoms with van der Waals surface area (Å²) < 4.78 is 16.3. The van der Waals surface area contributed by atoms with E-state index in [1.54, 1.807) is 24.5 Å². The summed E-state index contributed by atoms with van der Waals surface area (Å²) in [6, 6.07) is 5.93. The van der Waals surface area contributed by atoms with Crippen molar-refractivity contribution in [3.05, 3.63) is 58.4 Å². The lowest BCUT2D eigenvalue weighted by atomic mass is 10.1. The Morgan fingerprint density at radius 3 is 2.81 bits per heavy atom. The molecule has 0 aliphatic heterocycles. The second-order valence-electron chi connectivity index (χ2n) is 4.68. The van der Waals surface area contributed by atoms with Crippen molar-refractivity contribution in [3.63, 3.8) is 0 Å². The van der Waals surface area contributed by atoms with Gasteiger partial charge in [0.1, 0.15) is 11.3 Å². The molecule has 0 spiro atoms. The third kappa shape index (κ3) is 2.13. The maximum atomic E-state index is 13.4. The standard InChI is InChI=1S/C15H14FN3O2/c1-2-18-6-7-19-14(15(18)21)12(9-20)13(17-19)10-4-3-5-11(16)8-10/h3-8,20H,2,9H2,1H3. The highest BCUT2D eigenvalue weighted by Crippen LogP contribution is 2.25. The summed E-state index contributed by atoms with van der Waals surface area (Å²) in [7, 11) is 0. The molecule has 0 amide bonds. The van der Waals surface area contributed by atoms with Crippen molar-refractivity contribution >= 4 is 5.52 Å². The van der Waals surface area contributed by atoms with Gasteiger partial charge in [-0.2, -0.15) is 5.10 Å². The molecule has 2 heterocycles. The van der Waals surface area contributed by atoms with E-state index in [9.17, 15) is 14.3 Å². The molecule has 0 aliphatic rings. The van der Waals surface area contributed by atoms with Gasteiger partial charge in [-0.25, -0.2) is 8.91 Å². The van der Waals surface area contributed by atoms with E-state index in [2.05, 4.69) is 5.10 Å². The topological polar surface area (TPSA) is 59.5 Å². The highest BCUT2D eigenvalue weighted by Gasteiger charge is 2.17. The van der Waals surface area contributed by atoms with Gasteiger partial charge in [-0.05, 0) is 19.1 Å². The van der Waals surface area contributed by atoms with Crippen LogP contribution in [0.3, 0.4) is 0 Å². The molecule has 0 aliphatic carbocycles. The number of rotatable bonds is 3. The predicted molar refractivity (Wildman–Crippen MR) is 76.4 cm³/mol. The fraction of sp³-hybridized carbons (Fsp3) is 0.200. The SMILES string of the molecule is CCn1ccn2nc(-c3cccc(F)c3)c(CO)c2c1=O. The van der Waals surface area contributed by atoms with Gasteiger partial charge in [0.15, 0.2) is 0 Å². The first-order chi connectivity index (χ1) is 10.2.